The fourth-order valence-electron chi connectivity index (χ4n) is 2.33. The molecule has 24 heavy (non-hydrogen) atoms. The summed E-state index contributed by atoms with van der Waals surface area (Å²) in [7, 11) is 0. The van der Waals surface area contributed by atoms with Crippen molar-refractivity contribution in [2.24, 2.45) is 0 Å². The summed E-state index contributed by atoms with van der Waals surface area (Å²) in [6, 6.07) is 7.04. The third-order valence-corrected chi connectivity index (χ3v) is 3.44. The minimum Gasteiger partial charge on any atom is -0.374 e. The summed E-state index contributed by atoms with van der Waals surface area (Å²) in [6.45, 7) is 2.42. The van der Waals surface area contributed by atoms with E-state index >= 15 is 0 Å². The number of nitrogens with zero attached hydrogens (tertiary/aromatic N) is 1. The number of halogens is 2. The van der Waals surface area contributed by atoms with E-state index in [0.717, 1.165) is 18.6 Å². The Hall–Kier alpha value is -2.87. The van der Waals surface area contributed by atoms with Crippen molar-refractivity contribution in [2.45, 2.75) is 19.9 Å². The third kappa shape index (κ3) is 4.11. The summed E-state index contributed by atoms with van der Waals surface area (Å²) in [5, 5.41) is 3.04. The van der Waals surface area contributed by atoms with Gasteiger partial charge in [0.2, 0.25) is 0 Å². The highest BCUT2D eigenvalue weighted by atomic mass is 19.2. The number of benzene rings is 1. The molecule has 2 rings (SSSR count). The van der Waals surface area contributed by atoms with Crippen LogP contribution in [0.3, 0.4) is 0 Å². The fraction of sp³-hybridized carbons (Fsp3) is 0.211. The maximum atomic E-state index is 13.3. The average Bonchev–Trinajstić information content (AvgIpc) is 2.57. The van der Waals surface area contributed by atoms with E-state index in [9.17, 15) is 13.6 Å². The van der Waals surface area contributed by atoms with Crippen LogP contribution in [-0.4, -0.2) is 11.1 Å². The Morgan fingerprint density at radius 1 is 1.33 bits per heavy atom. The van der Waals surface area contributed by atoms with Gasteiger partial charge < -0.3 is 9.88 Å². The van der Waals surface area contributed by atoms with E-state index in [1.807, 2.05) is 13.0 Å². The first-order valence-corrected chi connectivity index (χ1v) is 7.58. The van der Waals surface area contributed by atoms with Crippen molar-refractivity contribution >= 4 is 5.70 Å². The van der Waals surface area contributed by atoms with Crippen LogP contribution >= 0.6 is 0 Å². The highest BCUT2D eigenvalue weighted by Crippen LogP contribution is 2.11. The van der Waals surface area contributed by atoms with Crippen LogP contribution in [0.2, 0.25) is 0 Å². The van der Waals surface area contributed by atoms with Gasteiger partial charge in [0.15, 0.2) is 11.6 Å². The average molecular weight is 328 g/mol. The zero-order chi connectivity index (χ0) is 17.5. The van der Waals surface area contributed by atoms with Gasteiger partial charge in [-0.25, -0.2) is 8.78 Å². The van der Waals surface area contributed by atoms with Crippen molar-refractivity contribution in [1.29, 1.82) is 0 Å². The second kappa shape index (κ2) is 8.11. The molecular weight excluding hydrogens is 310 g/mol. The smallest absolute Gasteiger partial charge is 0.260 e. The molecule has 0 unspecified atom stereocenters. The van der Waals surface area contributed by atoms with Crippen LogP contribution < -0.4 is 10.9 Å². The maximum absolute atomic E-state index is 13.3. The van der Waals surface area contributed by atoms with Crippen LogP contribution in [-0.2, 0) is 6.54 Å². The van der Waals surface area contributed by atoms with Gasteiger partial charge in [-0.1, -0.05) is 25.0 Å². The maximum Gasteiger partial charge on any atom is 0.260 e. The van der Waals surface area contributed by atoms with Gasteiger partial charge in [0, 0.05) is 11.9 Å². The molecule has 1 N–H and O–H groups in total. The van der Waals surface area contributed by atoms with E-state index in [0.29, 0.717) is 23.4 Å². The molecule has 124 valence electrons. The molecule has 0 atom stereocenters. The minimum absolute atomic E-state index is 0.151. The summed E-state index contributed by atoms with van der Waals surface area (Å²) in [4.78, 5) is 12.7. The van der Waals surface area contributed by atoms with Crippen LogP contribution in [0.5, 0.6) is 0 Å². The molecule has 0 saturated carbocycles. The SMILES string of the molecule is C#CCN/C(=C\CC)c1cccn(Cc2ccc(F)c(F)c2)c1=O. The molecular formula is C19H18F2N2O. The van der Waals surface area contributed by atoms with E-state index in [1.54, 1.807) is 18.3 Å². The molecule has 0 radical (unpaired) electrons. The van der Waals surface area contributed by atoms with Crippen molar-refractivity contribution < 1.29 is 8.78 Å². The van der Waals surface area contributed by atoms with Gasteiger partial charge in [0.25, 0.3) is 5.56 Å². The predicted octanol–water partition coefficient (Wildman–Crippen LogP) is 3.15. The monoisotopic (exact) mass is 328 g/mol. The molecule has 0 amide bonds. The first kappa shape index (κ1) is 17.5. The van der Waals surface area contributed by atoms with Crippen LogP contribution in [0.25, 0.3) is 5.70 Å². The largest absolute Gasteiger partial charge is 0.374 e. The summed E-state index contributed by atoms with van der Waals surface area (Å²) >= 11 is 0. The molecule has 3 nitrogen and oxygen atoms in total. The summed E-state index contributed by atoms with van der Waals surface area (Å²) in [6.07, 6.45) is 9.49. The van der Waals surface area contributed by atoms with E-state index in [4.69, 9.17) is 6.42 Å². The standard InChI is InChI=1S/C19H18F2N2O/c1-3-6-18(22-10-4-2)15-7-5-11-23(19(15)24)13-14-8-9-16(20)17(21)12-14/h2,5-9,11-12,22H,3,10,13H2,1H3/b18-6-. The fourth-order valence-corrected chi connectivity index (χ4v) is 2.33. The molecule has 1 aromatic heterocycles. The molecule has 1 heterocycles. The number of allylic oxidation sites excluding steroid dienone is 1. The van der Waals surface area contributed by atoms with Gasteiger partial charge in [-0.15, -0.1) is 6.42 Å². The molecule has 2 aromatic rings. The number of pyridine rings is 1. The predicted molar refractivity (Wildman–Crippen MR) is 91.3 cm³/mol. The molecule has 0 aliphatic heterocycles. The molecule has 1 aromatic carbocycles. The lowest BCUT2D eigenvalue weighted by Gasteiger charge is -2.12. The third-order valence-electron chi connectivity index (χ3n) is 3.44. The zero-order valence-electron chi connectivity index (χ0n) is 13.4. The van der Waals surface area contributed by atoms with E-state index < -0.39 is 11.6 Å². The number of hydrogen-bond acceptors (Lipinski definition) is 2. The summed E-state index contributed by atoms with van der Waals surface area (Å²) in [5.74, 6) is 0.632. The molecule has 5 heteroatoms. The van der Waals surface area contributed by atoms with Gasteiger partial charge in [-0.2, -0.15) is 0 Å². The normalized spacial score (nSPS) is 11.2. The van der Waals surface area contributed by atoms with Crippen LogP contribution in [0, 0.1) is 24.0 Å². The summed E-state index contributed by atoms with van der Waals surface area (Å²) < 4.78 is 27.8. The number of terminal acetylenes is 1. The first-order valence-electron chi connectivity index (χ1n) is 7.58. The van der Waals surface area contributed by atoms with Gasteiger partial charge in [-0.05, 0) is 36.2 Å². The molecule has 0 aliphatic carbocycles. The van der Waals surface area contributed by atoms with E-state index in [1.165, 1.54) is 10.6 Å². The van der Waals surface area contributed by atoms with Crippen molar-refractivity contribution in [2.75, 3.05) is 6.54 Å². The van der Waals surface area contributed by atoms with Crippen molar-refractivity contribution in [3.05, 3.63) is 75.7 Å². The lowest BCUT2D eigenvalue weighted by Crippen LogP contribution is -2.26. The van der Waals surface area contributed by atoms with Crippen molar-refractivity contribution in [1.82, 2.24) is 9.88 Å². The number of hydrogen-bond donors (Lipinski definition) is 1. The van der Waals surface area contributed by atoms with Crippen molar-refractivity contribution in [3.63, 3.8) is 0 Å². The van der Waals surface area contributed by atoms with Gasteiger partial charge in [-0.3, -0.25) is 4.79 Å². The van der Waals surface area contributed by atoms with E-state index in [-0.39, 0.29) is 12.1 Å². The first-order chi connectivity index (χ1) is 11.6. The van der Waals surface area contributed by atoms with Crippen LogP contribution in [0.15, 0.2) is 47.4 Å². The van der Waals surface area contributed by atoms with Crippen LogP contribution in [0.4, 0.5) is 8.78 Å². The second-order valence-electron chi connectivity index (χ2n) is 5.19. The quantitative estimate of drug-likeness (QED) is 0.827. The Morgan fingerprint density at radius 2 is 2.12 bits per heavy atom. The molecule has 0 fully saturated rings. The van der Waals surface area contributed by atoms with Crippen LogP contribution in [0.1, 0.15) is 24.5 Å². The van der Waals surface area contributed by atoms with Gasteiger partial charge >= 0.3 is 0 Å². The second-order valence-corrected chi connectivity index (χ2v) is 5.19. The Labute approximate surface area is 139 Å². The van der Waals surface area contributed by atoms with Crippen molar-refractivity contribution in [3.8, 4) is 12.3 Å². The molecule has 0 aliphatic rings. The minimum atomic E-state index is -0.932. The van der Waals surface area contributed by atoms with Gasteiger partial charge in [0.1, 0.15) is 0 Å². The molecule has 0 spiro atoms. The highest BCUT2D eigenvalue weighted by Gasteiger charge is 2.09. The van der Waals surface area contributed by atoms with E-state index in [2.05, 4.69) is 11.2 Å². The van der Waals surface area contributed by atoms with Gasteiger partial charge in [0.05, 0.1) is 18.7 Å². The number of aromatic nitrogens is 1. The lowest BCUT2D eigenvalue weighted by atomic mass is 10.1. The number of rotatable bonds is 6. The molecule has 0 saturated heterocycles. The Kier molecular flexibility index (Phi) is 5.91. The lowest BCUT2D eigenvalue weighted by molar-refractivity contribution is 0.506. The highest BCUT2D eigenvalue weighted by molar-refractivity contribution is 5.63. The topological polar surface area (TPSA) is 34.0 Å². The molecule has 0 bridgehead atoms. The summed E-state index contributed by atoms with van der Waals surface area (Å²) in [5.41, 5.74) is 1.43. The Bertz CT molecular complexity index is 847. The Morgan fingerprint density at radius 3 is 2.79 bits per heavy atom. The number of nitrogens with one attached hydrogen (secondary N) is 1. The Balaban J connectivity index is 2.36. The zero-order valence-corrected chi connectivity index (χ0v) is 13.4.